The molecule has 0 aliphatic heterocycles. The van der Waals surface area contributed by atoms with Gasteiger partial charge in [-0.25, -0.2) is 4.39 Å². The molecular weight excluding hydrogens is 249 g/mol. The minimum absolute atomic E-state index is 0.209. The fraction of sp³-hybridized carbons (Fsp3) is 0.400. The molecular formula is C10H13BrFNO. The van der Waals surface area contributed by atoms with E-state index in [9.17, 15) is 4.39 Å². The number of hydrogen-bond donors (Lipinski definition) is 1. The maximum atomic E-state index is 13.4. The number of hydrogen-bond acceptors (Lipinski definition) is 2. The third-order valence-corrected chi connectivity index (χ3v) is 2.36. The van der Waals surface area contributed by atoms with Crippen LogP contribution in [0.4, 0.5) is 4.39 Å². The summed E-state index contributed by atoms with van der Waals surface area (Å²) in [6, 6.07) is 3.12. The van der Waals surface area contributed by atoms with Gasteiger partial charge in [-0.15, -0.1) is 0 Å². The third kappa shape index (κ3) is 2.25. The zero-order valence-corrected chi connectivity index (χ0v) is 9.98. The number of rotatable bonds is 2. The van der Waals surface area contributed by atoms with E-state index >= 15 is 0 Å². The van der Waals surface area contributed by atoms with E-state index in [4.69, 9.17) is 10.5 Å². The van der Waals surface area contributed by atoms with Gasteiger partial charge in [0.1, 0.15) is 0 Å². The Kier molecular flexibility index (Phi) is 3.17. The summed E-state index contributed by atoms with van der Waals surface area (Å²) < 4.78 is 19.1. The SMILES string of the molecule is COc1c(F)cc(Br)cc1C(C)(C)N. The smallest absolute Gasteiger partial charge is 0.166 e. The van der Waals surface area contributed by atoms with Crippen LogP contribution in [0.25, 0.3) is 0 Å². The topological polar surface area (TPSA) is 35.2 Å². The molecule has 0 bridgehead atoms. The van der Waals surface area contributed by atoms with Gasteiger partial charge in [0.15, 0.2) is 11.6 Å². The lowest BCUT2D eigenvalue weighted by molar-refractivity contribution is 0.368. The number of ether oxygens (including phenoxy) is 1. The van der Waals surface area contributed by atoms with E-state index in [1.165, 1.54) is 13.2 Å². The summed E-state index contributed by atoms with van der Waals surface area (Å²) in [6.45, 7) is 3.60. The van der Waals surface area contributed by atoms with Crippen LogP contribution in [0, 0.1) is 5.82 Å². The predicted octanol–water partition coefficient (Wildman–Crippen LogP) is 2.79. The monoisotopic (exact) mass is 261 g/mol. The molecule has 0 aromatic heterocycles. The standard InChI is InChI=1S/C10H13BrFNO/c1-10(2,13)7-4-6(11)5-8(12)9(7)14-3/h4-5H,13H2,1-3H3. The molecule has 1 aromatic rings. The van der Waals surface area contributed by atoms with Crippen LogP contribution in [0.1, 0.15) is 19.4 Å². The molecule has 0 saturated carbocycles. The first kappa shape index (κ1) is 11.5. The van der Waals surface area contributed by atoms with Crippen molar-refractivity contribution in [3.05, 3.63) is 28.0 Å². The van der Waals surface area contributed by atoms with Crippen LogP contribution < -0.4 is 10.5 Å². The van der Waals surface area contributed by atoms with Crippen molar-refractivity contribution < 1.29 is 9.13 Å². The molecule has 1 rings (SSSR count). The van der Waals surface area contributed by atoms with Gasteiger partial charge in [0.2, 0.25) is 0 Å². The summed E-state index contributed by atoms with van der Waals surface area (Å²) in [6.07, 6.45) is 0. The van der Waals surface area contributed by atoms with Crippen molar-refractivity contribution >= 4 is 15.9 Å². The summed E-state index contributed by atoms with van der Waals surface area (Å²) in [4.78, 5) is 0. The highest BCUT2D eigenvalue weighted by atomic mass is 79.9. The van der Waals surface area contributed by atoms with Crippen LogP contribution in [0.2, 0.25) is 0 Å². The Morgan fingerprint density at radius 2 is 2.00 bits per heavy atom. The lowest BCUT2D eigenvalue weighted by Crippen LogP contribution is -2.29. The van der Waals surface area contributed by atoms with Crippen molar-refractivity contribution in [1.82, 2.24) is 0 Å². The fourth-order valence-electron chi connectivity index (χ4n) is 1.25. The van der Waals surface area contributed by atoms with E-state index in [0.717, 1.165) is 0 Å². The highest BCUT2D eigenvalue weighted by Crippen LogP contribution is 2.33. The molecule has 0 saturated heterocycles. The zero-order valence-electron chi connectivity index (χ0n) is 8.40. The third-order valence-electron chi connectivity index (χ3n) is 1.91. The second-order valence-electron chi connectivity index (χ2n) is 3.69. The van der Waals surface area contributed by atoms with E-state index in [1.807, 2.05) is 0 Å². The van der Waals surface area contributed by atoms with E-state index in [1.54, 1.807) is 19.9 Å². The molecule has 0 heterocycles. The average Bonchev–Trinajstić information content (AvgIpc) is 2.01. The molecule has 2 nitrogen and oxygen atoms in total. The Morgan fingerprint density at radius 3 is 2.43 bits per heavy atom. The molecule has 1 aromatic carbocycles. The highest BCUT2D eigenvalue weighted by molar-refractivity contribution is 9.10. The van der Waals surface area contributed by atoms with Crippen LogP contribution >= 0.6 is 15.9 Å². The maximum absolute atomic E-state index is 13.4. The molecule has 0 amide bonds. The lowest BCUT2D eigenvalue weighted by atomic mass is 9.94. The Balaban J connectivity index is 3.40. The highest BCUT2D eigenvalue weighted by Gasteiger charge is 2.22. The molecule has 0 radical (unpaired) electrons. The second kappa shape index (κ2) is 3.87. The van der Waals surface area contributed by atoms with Crippen LogP contribution in [-0.4, -0.2) is 7.11 Å². The summed E-state index contributed by atoms with van der Waals surface area (Å²) in [7, 11) is 1.43. The Labute approximate surface area is 91.4 Å². The van der Waals surface area contributed by atoms with Gasteiger partial charge in [0.05, 0.1) is 7.11 Å². The van der Waals surface area contributed by atoms with Crippen LogP contribution in [0.15, 0.2) is 16.6 Å². The Bertz CT molecular complexity index is 347. The van der Waals surface area contributed by atoms with Crippen molar-refractivity contribution in [2.45, 2.75) is 19.4 Å². The van der Waals surface area contributed by atoms with Gasteiger partial charge in [-0.1, -0.05) is 15.9 Å². The fourth-order valence-corrected chi connectivity index (χ4v) is 1.68. The van der Waals surface area contributed by atoms with Gasteiger partial charge in [-0.05, 0) is 26.0 Å². The van der Waals surface area contributed by atoms with Crippen molar-refractivity contribution in [2.75, 3.05) is 7.11 Å². The molecule has 4 heteroatoms. The quantitative estimate of drug-likeness (QED) is 0.889. The summed E-state index contributed by atoms with van der Waals surface area (Å²) in [5.41, 5.74) is 5.92. The molecule has 0 unspecified atom stereocenters. The van der Waals surface area contributed by atoms with Crippen LogP contribution in [0.3, 0.4) is 0 Å². The molecule has 0 spiro atoms. The number of halogens is 2. The average molecular weight is 262 g/mol. The number of methoxy groups -OCH3 is 1. The van der Waals surface area contributed by atoms with Crippen LogP contribution in [0.5, 0.6) is 5.75 Å². The normalized spacial score (nSPS) is 11.6. The van der Waals surface area contributed by atoms with E-state index < -0.39 is 11.4 Å². The largest absolute Gasteiger partial charge is 0.493 e. The molecule has 14 heavy (non-hydrogen) atoms. The summed E-state index contributed by atoms with van der Waals surface area (Å²) >= 11 is 3.22. The Morgan fingerprint density at radius 1 is 1.43 bits per heavy atom. The second-order valence-corrected chi connectivity index (χ2v) is 4.61. The maximum Gasteiger partial charge on any atom is 0.166 e. The number of benzene rings is 1. The summed E-state index contributed by atoms with van der Waals surface area (Å²) in [5, 5.41) is 0. The zero-order chi connectivity index (χ0) is 10.9. The van der Waals surface area contributed by atoms with E-state index in [0.29, 0.717) is 10.0 Å². The van der Waals surface area contributed by atoms with Crippen molar-refractivity contribution in [3.8, 4) is 5.75 Å². The van der Waals surface area contributed by atoms with Crippen molar-refractivity contribution in [2.24, 2.45) is 5.73 Å². The van der Waals surface area contributed by atoms with Gasteiger partial charge >= 0.3 is 0 Å². The van der Waals surface area contributed by atoms with Gasteiger partial charge in [0.25, 0.3) is 0 Å². The van der Waals surface area contributed by atoms with Gasteiger partial charge in [-0.3, -0.25) is 0 Å². The molecule has 0 fully saturated rings. The number of nitrogens with two attached hydrogens (primary N) is 1. The molecule has 78 valence electrons. The van der Waals surface area contributed by atoms with Gasteiger partial charge < -0.3 is 10.5 Å². The molecule has 0 atom stereocenters. The molecule has 2 N–H and O–H groups in total. The van der Waals surface area contributed by atoms with Crippen LogP contribution in [-0.2, 0) is 5.54 Å². The first-order valence-electron chi connectivity index (χ1n) is 4.18. The first-order valence-corrected chi connectivity index (χ1v) is 4.98. The van der Waals surface area contributed by atoms with E-state index in [-0.39, 0.29) is 5.75 Å². The van der Waals surface area contributed by atoms with Gasteiger partial charge in [-0.2, -0.15) is 0 Å². The van der Waals surface area contributed by atoms with E-state index in [2.05, 4.69) is 15.9 Å². The van der Waals surface area contributed by atoms with Crippen molar-refractivity contribution in [1.29, 1.82) is 0 Å². The predicted molar refractivity (Wildman–Crippen MR) is 57.9 cm³/mol. The molecule has 0 aliphatic rings. The Hall–Kier alpha value is -0.610. The lowest BCUT2D eigenvalue weighted by Gasteiger charge is -2.22. The van der Waals surface area contributed by atoms with Crippen molar-refractivity contribution in [3.63, 3.8) is 0 Å². The minimum atomic E-state index is -0.629. The molecule has 0 aliphatic carbocycles. The summed E-state index contributed by atoms with van der Waals surface area (Å²) in [5.74, 6) is -0.198. The minimum Gasteiger partial charge on any atom is -0.493 e. The first-order chi connectivity index (χ1) is 6.36. The van der Waals surface area contributed by atoms with Gasteiger partial charge in [0, 0.05) is 15.6 Å².